The Balaban J connectivity index is 2.29. The van der Waals surface area contributed by atoms with E-state index in [0.29, 0.717) is 30.4 Å². The van der Waals surface area contributed by atoms with Crippen molar-refractivity contribution < 1.29 is 22.7 Å². The molecule has 0 saturated heterocycles. The monoisotopic (exact) mass is 396 g/mol. The highest BCUT2D eigenvalue weighted by molar-refractivity contribution is 7.74. The fraction of sp³-hybridized carbons (Fsp3) is 0.368. The first-order valence-electron chi connectivity index (χ1n) is 8.75. The molecule has 2 aromatic carbocycles. The van der Waals surface area contributed by atoms with E-state index in [0.717, 1.165) is 5.56 Å². The van der Waals surface area contributed by atoms with Crippen molar-refractivity contribution in [3.63, 3.8) is 0 Å². The van der Waals surface area contributed by atoms with Crippen LogP contribution in [0.1, 0.15) is 26.3 Å². The maximum absolute atomic E-state index is 13.5. The van der Waals surface area contributed by atoms with Gasteiger partial charge in [-0.05, 0) is 50.6 Å². The van der Waals surface area contributed by atoms with Crippen LogP contribution < -0.4 is 10.6 Å². The molecule has 0 radical (unpaired) electrons. The Kier molecular flexibility index (Phi) is 7.82. The molecule has 1 atom stereocenters. The Morgan fingerprint density at radius 3 is 1.69 bits per heavy atom. The summed E-state index contributed by atoms with van der Waals surface area (Å²) in [5.41, 5.74) is 0.801. The van der Waals surface area contributed by atoms with Crippen LogP contribution in [0, 0.1) is 0 Å². The summed E-state index contributed by atoms with van der Waals surface area (Å²) >= 11 is 0. The van der Waals surface area contributed by atoms with Gasteiger partial charge in [0.05, 0.1) is 26.0 Å². The number of hydrogen-bond donors (Lipinski definition) is 0. The molecule has 26 heavy (non-hydrogen) atoms. The second-order valence-electron chi connectivity index (χ2n) is 5.58. The van der Waals surface area contributed by atoms with E-state index in [1.165, 1.54) is 0 Å². The van der Waals surface area contributed by atoms with Gasteiger partial charge in [-0.1, -0.05) is 30.3 Å². The van der Waals surface area contributed by atoms with E-state index in [1.807, 2.05) is 37.3 Å². The highest BCUT2D eigenvalue weighted by Gasteiger charge is 2.29. The van der Waals surface area contributed by atoms with E-state index < -0.39 is 15.0 Å². The van der Waals surface area contributed by atoms with E-state index in [9.17, 15) is 9.13 Å². The Labute approximate surface area is 155 Å². The summed E-state index contributed by atoms with van der Waals surface area (Å²) in [7, 11) is -6.32. The average Bonchev–Trinajstić information content (AvgIpc) is 2.63. The molecular formula is C19H26O5P2. The molecule has 0 bridgehead atoms. The van der Waals surface area contributed by atoms with Crippen LogP contribution in [0.15, 0.2) is 54.6 Å². The minimum absolute atomic E-state index is 0.180. The fourth-order valence-electron chi connectivity index (χ4n) is 2.65. The van der Waals surface area contributed by atoms with E-state index in [-0.39, 0.29) is 6.16 Å². The third-order valence-electron chi connectivity index (χ3n) is 3.71. The Morgan fingerprint density at radius 2 is 1.19 bits per heavy atom. The summed E-state index contributed by atoms with van der Waals surface area (Å²) in [6.07, 6.45) is 0.180. The van der Waals surface area contributed by atoms with Crippen molar-refractivity contribution in [3.05, 3.63) is 60.2 Å². The lowest BCUT2D eigenvalue weighted by molar-refractivity contribution is 0.219. The highest BCUT2D eigenvalue weighted by Crippen LogP contribution is 2.51. The minimum atomic E-state index is -3.17. The molecule has 2 aromatic rings. The first-order chi connectivity index (χ1) is 12.5. The number of rotatable bonds is 10. The van der Waals surface area contributed by atoms with Gasteiger partial charge in [-0.3, -0.25) is 9.13 Å². The first kappa shape index (κ1) is 21.1. The second-order valence-corrected chi connectivity index (χ2v) is 10.0. The van der Waals surface area contributed by atoms with Crippen molar-refractivity contribution in [3.8, 4) is 0 Å². The van der Waals surface area contributed by atoms with Crippen LogP contribution in [0.5, 0.6) is 0 Å². The van der Waals surface area contributed by atoms with Crippen molar-refractivity contribution in [2.45, 2.75) is 26.9 Å². The Morgan fingerprint density at radius 1 is 0.692 bits per heavy atom. The molecule has 2 rings (SSSR count). The van der Waals surface area contributed by atoms with Gasteiger partial charge in [0.25, 0.3) is 7.37 Å². The van der Waals surface area contributed by atoms with Gasteiger partial charge < -0.3 is 13.6 Å². The zero-order valence-electron chi connectivity index (χ0n) is 15.5. The molecule has 0 aliphatic carbocycles. The zero-order valence-corrected chi connectivity index (χ0v) is 17.2. The minimum Gasteiger partial charge on any atom is -0.322 e. The van der Waals surface area contributed by atoms with Gasteiger partial charge in [0.15, 0.2) is 0 Å². The van der Waals surface area contributed by atoms with Crippen molar-refractivity contribution in [2.75, 3.05) is 19.8 Å². The van der Waals surface area contributed by atoms with Gasteiger partial charge in [0, 0.05) is 10.6 Å². The predicted octanol–water partition coefficient (Wildman–Crippen LogP) is 4.72. The van der Waals surface area contributed by atoms with E-state index in [1.54, 1.807) is 38.1 Å². The van der Waals surface area contributed by atoms with Gasteiger partial charge >= 0.3 is 7.60 Å². The van der Waals surface area contributed by atoms with Crippen molar-refractivity contribution in [1.82, 2.24) is 0 Å². The van der Waals surface area contributed by atoms with Gasteiger partial charge in [0.2, 0.25) is 0 Å². The first-order valence-corrected chi connectivity index (χ1v) is 12.1. The summed E-state index contributed by atoms with van der Waals surface area (Å²) in [4.78, 5) is 0. The highest BCUT2D eigenvalue weighted by atomic mass is 31.2. The molecule has 0 saturated carbocycles. The standard InChI is InChI=1S/C19H26O5P2/c1-4-22-25(20,23-5-2)16-17-12-14-19(15-13-17)26(21,24-6-3)18-10-8-7-9-11-18/h7-15H,4-6,16H2,1-3H3. The van der Waals surface area contributed by atoms with Crippen LogP contribution in [0.25, 0.3) is 0 Å². The maximum Gasteiger partial charge on any atom is 0.335 e. The van der Waals surface area contributed by atoms with Crippen molar-refractivity contribution >= 4 is 25.6 Å². The topological polar surface area (TPSA) is 61.8 Å². The lowest BCUT2D eigenvalue weighted by Crippen LogP contribution is -2.18. The molecule has 0 heterocycles. The van der Waals surface area contributed by atoms with E-state index in [2.05, 4.69) is 0 Å². The molecule has 142 valence electrons. The third-order valence-corrected chi connectivity index (χ3v) is 8.34. The third kappa shape index (κ3) is 5.16. The molecule has 0 fully saturated rings. The molecule has 0 aliphatic rings. The largest absolute Gasteiger partial charge is 0.335 e. The van der Waals surface area contributed by atoms with Crippen LogP contribution >= 0.6 is 15.0 Å². The van der Waals surface area contributed by atoms with Crippen LogP contribution in [-0.4, -0.2) is 19.8 Å². The van der Waals surface area contributed by atoms with Crippen LogP contribution in [0.2, 0.25) is 0 Å². The van der Waals surface area contributed by atoms with Gasteiger partial charge in [0.1, 0.15) is 0 Å². The summed E-state index contributed by atoms with van der Waals surface area (Å²) < 4.78 is 42.5. The molecule has 1 unspecified atom stereocenters. The van der Waals surface area contributed by atoms with Crippen LogP contribution in [0.4, 0.5) is 0 Å². The second kappa shape index (κ2) is 9.64. The van der Waals surface area contributed by atoms with Crippen molar-refractivity contribution in [1.29, 1.82) is 0 Å². The molecule has 5 nitrogen and oxygen atoms in total. The van der Waals surface area contributed by atoms with Crippen LogP contribution in [-0.2, 0) is 28.9 Å². The molecule has 0 aliphatic heterocycles. The number of hydrogen-bond acceptors (Lipinski definition) is 5. The van der Waals surface area contributed by atoms with Gasteiger partial charge in [-0.15, -0.1) is 0 Å². The maximum atomic E-state index is 13.5. The van der Waals surface area contributed by atoms with Crippen LogP contribution in [0.3, 0.4) is 0 Å². The van der Waals surface area contributed by atoms with Gasteiger partial charge in [-0.2, -0.15) is 0 Å². The molecular weight excluding hydrogens is 370 g/mol. The normalized spacial score (nSPS) is 14.1. The SMILES string of the molecule is CCOP(=O)(Cc1ccc(P(=O)(OCC)c2ccccc2)cc1)OCC. The molecule has 0 aromatic heterocycles. The van der Waals surface area contributed by atoms with E-state index >= 15 is 0 Å². The zero-order chi connectivity index (χ0) is 19.0. The predicted molar refractivity (Wildman–Crippen MR) is 106 cm³/mol. The van der Waals surface area contributed by atoms with Gasteiger partial charge in [-0.25, -0.2) is 0 Å². The fourth-order valence-corrected chi connectivity index (χ4v) is 6.42. The summed E-state index contributed by atoms with van der Waals surface area (Å²) in [6.45, 7) is 6.38. The lowest BCUT2D eigenvalue weighted by Gasteiger charge is -2.20. The van der Waals surface area contributed by atoms with E-state index in [4.69, 9.17) is 13.6 Å². The lowest BCUT2D eigenvalue weighted by atomic mass is 10.2. The summed E-state index contributed by atoms with van der Waals surface area (Å²) in [6, 6.07) is 16.3. The quantitative estimate of drug-likeness (QED) is 0.544. The summed E-state index contributed by atoms with van der Waals surface area (Å²) in [5.74, 6) is 0. The molecule has 7 heteroatoms. The molecule has 0 spiro atoms. The Hall–Kier alpha value is -1.22. The molecule has 0 N–H and O–H groups in total. The summed E-state index contributed by atoms with van der Waals surface area (Å²) in [5, 5.41) is 1.26. The molecule has 0 amide bonds. The average molecular weight is 396 g/mol. The Bertz CT molecular complexity index is 764. The van der Waals surface area contributed by atoms with Crippen molar-refractivity contribution in [2.24, 2.45) is 0 Å². The number of benzene rings is 2. The smallest absolute Gasteiger partial charge is 0.322 e.